The van der Waals surface area contributed by atoms with Crippen molar-refractivity contribution in [2.24, 2.45) is 35.0 Å². The molecule has 5 unspecified atom stereocenters. The molecular weight excluding hydrogens is 427 g/mol. The smallest absolute Gasteiger partial charge is 0.168 e. The van der Waals surface area contributed by atoms with Crippen LogP contribution >= 0.6 is 22.6 Å². The van der Waals surface area contributed by atoms with Crippen molar-refractivity contribution in [2.45, 2.75) is 70.0 Å². The van der Waals surface area contributed by atoms with Crippen molar-refractivity contribution < 1.29 is 14.3 Å². The van der Waals surface area contributed by atoms with Gasteiger partial charge in [0.25, 0.3) is 0 Å². The van der Waals surface area contributed by atoms with Crippen LogP contribution in [0.5, 0.6) is 0 Å². The number of ether oxygens (including phenoxy) is 2. The van der Waals surface area contributed by atoms with Crippen molar-refractivity contribution in [1.82, 2.24) is 0 Å². The lowest BCUT2D eigenvalue weighted by molar-refractivity contribution is -0.209. The second-order valence-electron chi connectivity index (χ2n) is 9.38. The summed E-state index contributed by atoms with van der Waals surface area (Å²) in [7, 11) is 0. The fourth-order valence-electron chi connectivity index (χ4n) is 7.79. The van der Waals surface area contributed by atoms with Crippen molar-refractivity contribution in [2.75, 3.05) is 17.6 Å². The fourth-order valence-corrected chi connectivity index (χ4v) is 8.75. The van der Waals surface area contributed by atoms with Gasteiger partial charge in [0.2, 0.25) is 0 Å². The lowest BCUT2D eigenvalue weighted by atomic mass is 9.49. The summed E-state index contributed by atoms with van der Waals surface area (Å²) in [6.45, 7) is 1.57. The maximum absolute atomic E-state index is 12.8. The lowest BCUT2D eigenvalue weighted by Crippen LogP contribution is -2.52. The van der Waals surface area contributed by atoms with Gasteiger partial charge in [0.15, 0.2) is 5.79 Å². The molecule has 4 saturated carbocycles. The Labute approximate surface area is 165 Å². The van der Waals surface area contributed by atoms with Gasteiger partial charge in [-0.25, -0.2) is 0 Å². The minimum absolute atomic E-state index is 0.0722. The summed E-state index contributed by atoms with van der Waals surface area (Å²) in [6, 6.07) is 0. The molecule has 5 rings (SSSR count). The number of rotatable bonds is 2. The number of Topliss-reactive ketones (excluding diaryl/α,β-unsaturated/α-hetero) is 1. The first-order chi connectivity index (χ1) is 12.2. The van der Waals surface area contributed by atoms with Crippen molar-refractivity contribution in [3.63, 3.8) is 0 Å². The van der Waals surface area contributed by atoms with E-state index in [0.29, 0.717) is 11.7 Å². The van der Waals surface area contributed by atoms with Gasteiger partial charge in [0.05, 0.1) is 13.2 Å². The number of fused-ring (bicyclic) bond motifs is 5. The molecule has 5 aliphatic rings. The van der Waals surface area contributed by atoms with E-state index in [1.54, 1.807) is 0 Å². The SMILES string of the molecule is O=C1CCC2C3CCC4CC5(CCC4C3CC[C@]12CCI)OCCO5. The molecule has 4 aliphatic carbocycles. The number of hydrogen-bond acceptors (Lipinski definition) is 3. The summed E-state index contributed by atoms with van der Waals surface area (Å²) in [5.74, 6) is 4.44. The summed E-state index contributed by atoms with van der Waals surface area (Å²) in [5, 5.41) is 0. The molecular formula is C21H31IO3. The van der Waals surface area contributed by atoms with Crippen LogP contribution in [0.4, 0.5) is 0 Å². The molecule has 4 heteroatoms. The maximum Gasteiger partial charge on any atom is 0.168 e. The number of alkyl halides is 1. The third kappa shape index (κ3) is 2.60. The molecule has 1 saturated heterocycles. The Morgan fingerprint density at radius 1 is 0.960 bits per heavy atom. The first kappa shape index (κ1) is 17.4. The molecule has 0 aromatic heterocycles. The van der Waals surface area contributed by atoms with E-state index in [1.807, 2.05) is 0 Å². The highest BCUT2D eigenvalue weighted by atomic mass is 127. The molecule has 1 spiro atoms. The van der Waals surface area contributed by atoms with Crippen molar-refractivity contribution in [1.29, 1.82) is 0 Å². The van der Waals surface area contributed by atoms with Gasteiger partial charge >= 0.3 is 0 Å². The van der Waals surface area contributed by atoms with Crippen molar-refractivity contribution >= 4 is 28.4 Å². The quantitative estimate of drug-likeness (QED) is 0.443. The largest absolute Gasteiger partial charge is 0.348 e. The second kappa shape index (κ2) is 6.44. The van der Waals surface area contributed by atoms with Crippen LogP contribution < -0.4 is 0 Å². The zero-order chi connectivity index (χ0) is 17.1. The Bertz CT molecular complexity index is 543. The maximum atomic E-state index is 12.8. The molecule has 1 heterocycles. The van der Waals surface area contributed by atoms with Gasteiger partial charge in [-0.05, 0) is 74.5 Å². The summed E-state index contributed by atoms with van der Waals surface area (Å²) >= 11 is 2.49. The summed E-state index contributed by atoms with van der Waals surface area (Å²) in [6.07, 6.45) is 11.9. The predicted molar refractivity (Wildman–Crippen MR) is 105 cm³/mol. The van der Waals surface area contributed by atoms with E-state index in [4.69, 9.17) is 9.47 Å². The Balaban J connectivity index is 1.36. The zero-order valence-electron chi connectivity index (χ0n) is 15.2. The number of halogens is 1. The normalized spacial score (nSPS) is 48.2. The van der Waals surface area contributed by atoms with Crippen LogP contribution in [-0.2, 0) is 14.3 Å². The van der Waals surface area contributed by atoms with Crippen molar-refractivity contribution in [3.05, 3.63) is 0 Å². The van der Waals surface area contributed by atoms with E-state index >= 15 is 0 Å². The molecule has 5 fully saturated rings. The van der Waals surface area contributed by atoms with Gasteiger partial charge in [0.1, 0.15) is 5.78 Å². The first-order valence-corrected chi connectivity index (χ1v) is 12.1. The van der Waals surface area contributed by atoms with E-state index < -0.39 is 0 Å². The molecule has 3 nitrogen and oxygen atoms in total. The molecule has 0 amide bonds. The molecule has 6 atom stereocenters. The molecule has 140 valence electrons. The average molecular weight is 458 g/mol. The molecule has 0 bridgehead atoms. The fraction of sp³-hybridized carbons (Fsp3) is 0.952. The topological polar surface area (TPSA) is 35.5 Å². The van der Waals surface area contributed by atoms with Gasteiger partial charge in [-0.1, -0.05) is 22.6 Å². The predicted octanol–water partition coefficient (Wildman–Crippen LogP) is 4.76. The van der Waals surface area contributed by atoms with Gasteiger partial charge in [-0.2, -0.15) is 0 Å². The van der Waals surface area contributed by atoms with Crippen molar-refractivity contribution in [3.8, 4) is 0 Å². The standard InChI is InChI=1S/C21H31IO3/c22-10-9-20-7-5-16-15-6-8-21(24-11-12-25-21)13-14(15)1-2-17(16)18(20)3-4-19(20)23/h14-18H,1-13H2/t14?,15?,16?,17?,18?,20-/m1/s1. The Hall–Kier alpha value is 0.320. The molecule has 25 heavy (non-hydrogen) atoms. The minimum atomic E-state index is -0.225. The molecule has 1 aliphatic heterocycles. The number of carbonyl (C=O) groups excluding carboxylic acids is 1. The third-order valence-corrected chi connectivity index (χ3v) is 9.29. The number of carbonyl (C=O) groups is 1. The Morgan fingerprint density at radius 2 is 1.76 bits per heavy atom. The van der Waals surface area contributed by atoms with Crippen LogP contribution in [0.3, 0.4) is 0 Å². The summed E-state index contributed by atoms with van der Waals surface area (Å²) in [5.41, 5.74) is 0.0722. The van der Waals surface area contributed by atoms with E-state index in [1.165, 1.54) is 38.5 Å². The van der Waals surface area contributed by atoms with Gasteiger partial charge in [0, 0.05) is 29.1 Å². The van der Waals surface area contributed by atoms with Gasteiger partial charge in [-0.15, -0.1) is 0 Å². The van der Waals surface area contributed by atoms with E-state index in [-0.39, 0.29) is 11.2 Å². The molecule has 0 radical (unpaired) electrons. The van der Waals surface area contributed by atoms with Gasteiger partial charge in [-0.3, -0.25) is 4.79 Å². The molecule has 0 aromatic rings. The minimum Gasteiger partial charge on any atom is -0.348 e. The third-order valence-electron chi connectivity index (χ3n) is 8.75. The van der Waals surface area contributed by atoms with Crippen LogP contribution in [0.2, 0.25) is 0 Å². The summed E-state index contributed by atoms with van der Waals surface area (Å²) < 4.78 is 13.2. The number of ketones is 1. The van der Waals surface area contributed by atoms with Crippen LogP contribution in [0, 0.1) is 35.0 Å². The summed E-state index contributed by atoms with van der Waals surface area (Å²) in [4.78, 5) is 12.8. The average Bonchev–Trinajstić information content (AvgIpc) is 3.20. The highest BCUT2D eigenvalue weighted by molar-refractivity contribution is 14.1. The Kier molecular flexibility index (Phi) is 4.49. The van der Waals surface area contributed by atoms with Crippen LogP contribution in [-0.4, -0.2) is 29.2 Å². The van der Waals surface area contributed by atoms with Crippen LogP contribution in [0.1, 0.15) is 64.2 Å². The molecule has 0 N–H and O–H groups in total. The van der Waals surface area contributed by atoms with Crippen LogP contribution in [0.15, 0.2) is 0 Å². The Morgan fingerprint density at radius 3 is 2.56 bits per heavy atom. The number of hydrogen-bond donors (Lipinski definition) is 0. The first-order valence-electron chi connectivity index (χ1n) is 10.5. The highest BCUT2D eigenvalue weighted by Crippen LogP contribution is 2.63. The van der Waals surface area contributed by atoms with E-state index in [2.05, 4.69) is 22.6 Å². The highest BCUT2D eigenvalue weighted by Gasteiger charge is 2.59. The molecule has 0 aromatic carbocycles. The monoisotopic (exact) mass is 458 g/mol. The zero-order valence-corrected chi connectivity index (χ0v) is 17.3. The van der Waals surface area contributed by atoms with Crippen LogP contribution in [0.25, 0.3) is 0 Å². The van der Waals surface area contributed by atoms with E-state index in [9.17, 15) is 4.79 Å². The second-order valence-corrected chi connectivity index (χ2v) is 10.5. The van der Waals surface area contributed by atoms with Gasteiger partial charge < -0.3 is 9.47 Å². The van der Waals surface area contributed by atoms with E-state index in [0.717, 1.165) is 67.0 Å². The lowest BCUT2D eigenvalue weighted by Gasteiger charge is -2.56.